The van der Waals surface area contributed by atoms with Crippen LogP contribution in [0, 0.1) is 0 Å². The van der Waals surface area contributed by atoms with E-state index in [0.29, 0.717) is 57.1 Å². The van der Waals surface area contributed by atoms with Crippen LogP contribution in [0.4, 0.5) is 5.69 Å². The van der Waals surface area contributed by atoms with Gasteiger partial charge in [-0.05, 0) is 69.3 Å². The first-order chi connectivity index (χ1) is 16.9. The van der Waals surface area contributed by atoms with Crippen molar-refractivity contribution in [3.8, 4) is 11.5 Å². The summed E-state index contributed by atoms with van der Waals surface area (Å²) < 4.78 is 16.4. The first-order valence-corrected chi connectivity index (χ1v) is 12.1. The smallest absolute Gasteiger partial charge is 0.338 e. The van der Waals surface area contributed by atoms with Gasteiger partial charge in [-0.3, -0.25) is 4.79 Å². The Kier molecular flexibility index (Phi) is 9.40. The summed E-state index contributed by atoms with van der Waals surface area (Å²) in [6, 6.07) is 16.9. The van der Waals surface area contributed by atoms with Crippen LogP contribution in [0.1, 0.15) is 47.1 Å². The number of rotatable bonds is 10. The predicted molar refractivity (Wildman–Crippen MR) is 138 cm³/mol. The third kappa shape index (κ3) is 6.68. The van der Waals surface area contributed by atoms with Crippen molar-refractivity contribution in [2.24, 2.45) is 0 Å². The Morgan fingerprint density at radius 2 is 1.34 bits per heavy atom. The molecule has 3 rings (SSSR count). The SMILES string of the molecule is CCOC(=O)c1ccc(N(Cc2c(Cl)cccc2Cl)C(=O)c2cc(OCC)cc(OCC)c2)cc1. The molecule has 0 saturated heterocycles. The molecule has 0 radical (unpaired) electrons. The average Bonchev–Trinajstić information content (AvgIpc) is 2.84. The Labute approximate surface area is 215 Å². The third-order valence-corrected chi connectivity index (χ3v) is 5.77. The van der Waals surface area contributed by atoms with Gasteiger partial charge in [-0.1, -0.05) is 29.3 Å². The molecule has 0 aliphatic carbocycles. The molecule has 0 heterocycles. The minimum absolute atomic E-state index is 0.110. The van der Waals surface area contributed by atoms with Crippen molar-refractivity contribution < 1.29 is 23.8 Å². The van der Waals surface area contributed by atoms with E-state index in [9.17, 15) is 9.59 Å². The Bertz CT molecular complexity index is 1140. The van der Waals surface area contributed by atoms with Crippen LogP contribution < -0.4 is 14.4 Å². The summed E-state index contributed by atoms with van der Waals surface area (Å²) in [6.45, 7) is 6.74. The zero-order valence-electron chi connectivity index (χ0n) is 19.8. The first kappa shape index (κ1) is 26.4. The quantitative estimate of drug-likeness (QED) is 0.277. The van der Waals surface area contributed by atoms with Crippen LogP contribution in [0.15, 0.2) is 60.7 Å². The second kappa shape index (κ2) is 12.5. The molecule has 0 aromatic heterocycles. The maximum atomic E-state index is 13.8. The molecule has 0 saturated carbocycles. The van der Waals surface area contributed by atoms with Gasteiger partial charge < -0.3 is 19.1 Å². The van der Waals surface area contributed by atoms with E-state index in [1.807, 2.05) is 13.8 Å². The fraction of sp³-hybridized carbons (Fsp3) is 0.259. The van der Waals surface area contributed by atoms with Gasteiger partial charge in [0.1, 0.15) is 11.5 Å². The van der Waals surface area contributed by atoms with Crippen LogP contribution in [0.25, 0.3) is 0 Å². The topological polar surface area (TPSA) is 65.1 Å². The summed E-state index contributed by atoms with van der Waals surface area (Å²) in [5.74, 6) is 0.301. The molecule has 1 amide bonds. The van der Waals surface area contributed by atoms with E-state index in [2.05, 4.69) is 0 Å². The molecule has 0 atom stereocenters. The standard InChI is InChI=1S/C27H27Cl2NO5/c1-4-33-21-14-19(15-22(16-21)34-5-2)26(31)30(17-23-24(28)8-7-9-25(23)29)20-12-10-18(11-13-20)27(32)35-6-3/h7-16H,4-6,17H2,1-3H3. The number of halogens is 2. The summed E-state index contributed by atoms with van der Waals surface area (Å²) in [4.78, 5) is 27.5. The highest BCUT2D eigenvalue weighted by Crippen LogP contribution is 2.31. The van der Waals surface area contributed by atoms with Gasteiger partial charge in [0.2, 0.25) is 0 Å². The summed E-state index contributed by atoms with van der Waals surface area (Å²) >= 11 is 12.8. The van der Waals surface area contributed by atoms with E-state index in [1.54, 1.807) is 72.5 Å². The van der Waals surface area contributed by atoms with Crippen LogP contribution in [0.3, 0.4) is 0 Å². The number of hydrogen-bond donors (Lipinski definition) is 0. The number of nitrogens with zero attached hydrogens (tertiary/aromatic N) is 1. The Hall–Kier alpha value is -3.22. The first-order valence-electron chi connectivity index (χ1n) is 11.3. The molecule has 0 unspecified atom stereocenters. The number of esters is 1. The number of ether oxygens (including phenoxy) is 3. The van der Waals surface area contributed by atoms with Gasteiger partial charge in [0.25, 0.3) is 5.91 Å². The molecular weight excluding hydrogens is 489 g/mol. The van der Waals surface area contributed by atoms with Crippen molar-refractivity contribution in [3.05, 3.63) is 87.4 Å². The van der Waals surface area contributed by atoms with E-state index in [4.69, 9.17) is 37.4 Å². The molecule has 3 aromatic carbocycles. The van der Waals surface area contributed by atoms with E-state index in [1.165, 1.54) is 0 Å². The molecule has 184 valence electrons. The lowest BCUT2D eigenvalue weighted by atomic mass is 10.1. The van der Waals surface area contributed by atoms with Crippen LogP contribution in [0.5, 0.6) is 11.5 Å². The van der Waals surface area contributed by atoms with Crippen molar-refractivity contribution >= 4 is 40.8 Å². The number of hydrogen-bond acceptors (Lipinski definition) is 5. The zero-order valence-corrected chi connectivity index (χ0v) is 21.4. The molecule has 8 heteroatoms. The van der Waals surface area contributed by atoms with E-state index in [-0.39, 0.29) is 19.1 Å². The largest absolute Gasteiger partial charge is 0.494 e. The molecule has 6 nitrogen and oxygen atoms in total. The van der Waals surface area contributed by atoms with Crippen molar-refractivity contribution in [1.29, 1.82) is 0 Å². The molecule has 0 fully saturated rings. The molecule has 35 heavy (non-hydrogen) atoms. The molecular formula is C27H27Cl2NO5. The van der Waals surface area contributed by atoms with Crippen LogP contribution >= 0.6 is 23.2 Å². The highest BCUT2D eigenvalue weighted by Gasteiger charge is 2.23. The lowest BCUT2D eigenvalue weighted by Gasteiger charge is -2.25. The van der Waals surface area contributed by atoms with Crippen molar-refractivity contribution in [2.75, 3.05) is 24.7 Å². The second-order valence-corrected chi connectivity index (χ2v) is 8.23. The summed E-state index contributed by atoms with van der Waals surface area (Å²) in [7, 11) is 0. The number of anilines is 1. The molecule has 0 spiro atoms. The van der Waals surface area contributed by atoms with E-state index < -0.39 is 5.97 Å². The number of carbonyl (C=O) groups is 2. The minimum Gasteiger partial charge on any atom is -0.494 e. The van der Waals surface area contributed by atoms with E-state index >= 15 is 0 Å². The number of carbonyl (C=O) groups excluding carboxylic acids is 2. The highest BCUT2D eigenvalue weighted by molar-refractivity contribution is 6.36. The Morgan fingerprint density at radius 3 is 1.86 bits per heavy atom. The van der Waals surface area contributed by atoms with Gasteiger partial charge in [0, 0.05) is 32.9 Å². The lowest BCUT2D eigenvalue weighted by molar-refractivity contribution is 0.0526. The van der Waals surface area contributed by atoms with Crippen molar-refractivity contribution in [1.82, 2.24) is 0 Å². The number of benzene rings is 3. The molecule has 0 N–H and O–H groups in total. The summed E-state index contributed by atoms with van der Waals surface area (Å²) in [5, 5.41) is 0.882. The van der Waals surface area contributed by atoms with Crippen LogP contribution in [-0.4, -0.2) is 31.7 Å². The molecule has 0 bridgehead atoms. The van der Waals surface area contributed by atoms with Gasteiger partial charge in [0.15, 0.2) is 0 Å². The van der Waals surface area contributed by atoms with Gasteiger partial charge in [0.05, 0.1) is 31.9 Å². The van der Waals surface area contributed by atoms with Crippen molar-refractivity contribution in [3.63, 3.8) is 0 Å². The molecule has 3 aromatic rings. The van der Waals surface area contributed by atoms with Gasteiger partial charge in [-0.15, -0.1) is 0 Å². The Balaban J connectivity index is 2.06. The molecule has 0 aliphatic rings. The minimum atomic E-state index is -0.433. The van der Waals surface area contributed by atoms with Gasteiger partial charge >= 0.3 is 5.97 Å². The zero-order chi connectivity index (χ0) is 25.4. The lowest BCUT2D eigenvalue weighted by Crippen LogP contribution is -2.31. The highest BCUT2D eigenvalue weighted by atomic mass is 35.5. The van der Waals surface area contributed by atoms with Gasteiger partial charge in [-0.25, -0.2) is 4.79 Å². The predicted octanol–water partition coefficient (Wildman–Crippen LogP) is 6.81. The Morgan fingerprint density at radius 1 is 0.771 bits per heavy atom. The van der Waals surface area contributed by atoms with Gasteiger partial charge in [-0.2, -0.15) is 0 Å². The second-order valence-electron chi connectivity index (χ2n) is 7.42. The third-order valence-electron chi connectivity index (χ3n) is 5.06. The summed E-state index contributed by atoms with van der Waals surface area (Å²) in [5.41, 5.74) is 1.91. The fourth-order valence-corrected chi connectivity index (χ4v) is 3.98. The summed E-state index contributed by atoms with van der Waals surface area (Å²) in [6.07, 6.45) is 0. The maximum absolute atomic E-state index is 13.8. The molecule has 0 aliphatic heterocycles. The fourth-order valence-electron chi connectivity index (χ4n) is 3.46. The number of amides is 1. The van der Waals surface area contributed by atoms with Crippen LogP contribution in [-0.2, 0) is 11.3 Å². The van der Waals surface area contributed by atoms with Crippen LogP contribution in [0.2, 0.25) is 10.0 Å². The van der Waals surface area contributed by atoms with E-state index in [0.717, 1.165) is 0 Å². The average molecular weight is 516 g/mol. The maximum Gasteiger partial charge on any atom is 0.338 e. The van der Waals surface area contributed by atoms with Crippen molar-refractivity contribution in [2.45, 2.75) is 27.3 Å². The normalized spacial score (nSPS) is 10.5. The monoisotopic (exact) mass is 515 g/mol.